The maximum Gasteiger partial charge on any atom is 0.148 e. The number of fused-ring (bicyclic) bond motifs is 1. The van der Waals surface area contributed by atoms with Crippen LogP contribution in [0.5, 0.6) is 0 Å². The maximum atomic E-state index is 14.0. The van der Waals surface area contributed by atoms with Crippen LogP contribution in [0.2, 0.25) is 0 Å². The molecular weight excluding hydrogens is 526 g/mol. The molecule has 42 heavy (non-hydrogen) atoms. The first-order valence-corrected chi connectivity index (χ1v) is 14.1. The number of nitriles is 2. The Balaban J connectivity index is 1.47. The summed E-state index contributed by atoms with van der Waals surface area (Å²) in [6.45, 7) is 2.09. The van der Waals surface area contributed by atoms with Crippen LogP contribution in [0.4, 0.5) is 15.8 Å². The second-order valence-electron chi connectivity index (χ2n) is 10.9. The van der Waals surface area contributed by atoms with E-state index >= 15 is 0 Å². The molecule has 1 unspecified atom stereocenters. The molecule has 0 saturated heterocycles. The lowest BCUT2D eigenvalue weighted by Gasteiger charge is -2.34. The van der Waals surface area contributed by atoms with Crippen molar-refractivity contribution in [2.75, 3.05) is 10.6 Å². The van der Waals surface area contributed by atoms with Gasteiger partial charge in [-0.2, -0.15) is 10.5 Å². The summed E-state index contributed by atoms with van der Waals surface area (Å²) in [6.07, 6.45) is 6.57. The molecule has 0 amide bonds. The highest BCUT2D eigenvalue weighted by atomic mass is 19.1. The van der Waals surface area contributed by atoms with E-state index in [0.717, 1.165) is 36.1 Å². The van der Waals surface area contributed by atoms with Gasteiger partial charge in [-0.05, 0) is 54.7 Å². The number of hydrogen-bond donors (Lipinski definition) is 4. The van der Waals surface area contributed by atoms with E-state index in [-0.39, 0.29) is 11.9 Å². The first kappa shape index (κ1) is 27.1. The molecule has 0 radical (unpaired) electrons. The number of nitrogens with zero attached hydrogens (tertiary/aromatic N) is 4. The average molecular weight is 556 g/mol. The minimum absolute atomic E-state index is 0.0529. The second-order valence-corrected chi connectivity index (χ2v) is 10.9. The lowest BCUT2D eigenvalue weighted by Crippen LogP contribution is -2.45. The van der Waals surface area contributed by atoms with E-state index < -0.39 is 5.44 Å². The third-order valence-electron chi connectivity index (χ3n) is 8.02. The van der Waals surface area contributed by atoms with Crippen LogP contribution in [0.25, 0.3) is 10.9 Å². The molecule has 1 aliphatic carbocycles. The highest BCUT2D eigenvalue weighted by Crippen LogP contribution is 2.38. The molecule has 2 aliphatic rings. The van der Waals surface area contributed by atoms with Crippen LogP contribution in [-0.2, 0) is 5.44 Å². The molecule has 2 atom stereocenters. The van der Waals surface area contributed by atoms with Gasteiger partial charge >= 0.3 is 0 Å². The van der Waals surface area contributed by atoms with E-state index in [4.69, 9.17) is 0 Å². The number of benzene rings is 3. The predicted molar refractivity (Wildman–Crippen MR) is 164 cm³/mol. The topological polar surface area (TPSA) is 112 Å². The van der Waals surface area contributed by atoms with Crippen LogP contribution in [0.1, 0.15) is 54.5 Å². The minimum Gasteiger partial charge on any atom is -0.378 e. The Bertz CT molecular complexity index is 1740. The number of rotatable bonds is 9. The first-order valence-electron chi connectivity index (χ1n) is 14.1. The highest BCUT2D eigenvalue weighted by Gasteiger charge is 2.38. The van der Waals surface area contributed by atoms with E-state index in [1.165, 1.54) is 18.3 Å². The van der Waals surface area contributed by atoms with E-state index in [1.807, 2.05) is 38.3 Å². The Morgan fingerprint density at radius 2 is 1.83 bits per heavy atom. The zero-order chi connectivity index (χ0) is 29.3. The number of aromatic nitrogens is 1. The van der Waals surface area contributed by atoms with Gasteiger partial charge in [0.1, 0.15) is 25.8 Å². The van der Waals surface area contributed by atoms with Crippen molar-refractivity contribution in [3.63, 3.8) is 0 Å². The van der Waals surface area contributed by atoms with Gasteiger partial charge in [-0.3, -0.25) is 9.99 Å². The van der Waals surface area contributed by atoms with Gasteiger partial charge in [0.2, 0.25) is 0 Å². The average Bonchev–Trinajstić information content (AvgIpc) is 3.75. The van der Waals surface area contributed by atoms with Crippen molar-refractivity contribution < 1.29 is 4.39 Å². The zero-order valence-corrected chi connectivity index (χ0v) is 23.4. The molecule has 1 fully saturated rings. The Kier molecular flexibility index (Phi) is 7.16. The summed E-state index contributed by atoms with van der Waals surface area (Å²) < 4.78 is 14.0. The SMILES string of the molecule is BC(Nc1cc(C#N)c2ncc(C#N)c(N[C@H](CC)c3ccccc3)c2c1)(C1=CN(C2CC2)NN1)c1ccc(F)cc1. The summed E-state index contributed by atoms with van der Waals surface area (Å²) >= 11 is 0. The van der Waals surface area contributed by atoms with Crippen LogP contribution >= 0.6 is 0 Å². The molecule has 1 saturated carbocycles. The van der Waals surface area contributed by atoms with Crippen molar-refractivity contribution in [2.24, 2.45) is 0 Å². The van der Waals surface area contributed by atoms with E-state index in [9.17, 15) is 14.9 Å². The van der Waals surface area contributed by atoms with Gasteiger partial charge in [-0.1, -0.05) is 49.4 Å². The van der Waals surface area contributed by atoms with Crippen LogP contribution in [0, 0.1) is 28.5 Å². The van der Waals surface area contributed by atoms with Crippen molar-refractivity contribution in [3.05, 3.63) is 113 Å². The van der Waals surface area contributed by atoms with Gasteiger partial charge in [-0.25, -0.2) is 4.39 Å². The van der Waals surface area contributed by atoms with Gasteiger partial charge in [-0.15, -0.1) is 5.53 Å². The summed E-state index contributed by atoms with van der Waals surface area (Å²) in [5.41, 5.74) is 11.0. The summed E-state index contributed by atoms with van der Waals surface area (Å²) in [6, 6.07) is 25.1. The number of halogens is 1. The zero-order valence-electron chi connectivity index (χ0n) is 23.4. The summed E-state index contributed by atoms with van der Waals surface area (Å²) in [7, 11) is 2.01. The number of pyridine rings is 1. The molecule has 4 aromatic rings. The van der Waals surface area contributed by atoms with Crippen LogP contribution in [0.3, 0.4) is 0 Å². The standard InChI is InChI=1S/C32H30BFN8/c1-2-28(20-6-4-3-5-7-20)38-31-22(17-36)18-37-30-21(16-35)14-25(15-27(30)31)39-32(33,23-8-10-24(34)11-9-23)29-19-42(41-40-29)26-12-13-26/h3-11,14-15,18-19,26,28,39-41H,2,12-13,33H2,1H3,(H,37,38)/t28-,32?/m1/s1. The molecule has 4 N–H and O–H groups in total. The molecule has 2 heterocycles. The molecular formula is C32H30BFN8. The van der Waals surface area contributed by atoms with E-state index in [0.29, 0.717) is 39.4 Å². The molecule has 0 bridgehead atoms. The highest BCUT2D eigenvalue weighted by molar-refractivity contribution is 6.19. The van der Waals surface area contributed by atoms with Gasteiger partial charge in [0.15, 0.2) is 0 Å². The van der Waals surface area contributed by atoms with Gasteiger partial charge < -0.3 is 16.1 Å². The monoisotopic (exact) mass is 556 g/mol. The molecule has 0 spiro atoms. The molecule has 10 heteroatoms. The quantitative estimate of drug-likeness (QED) is 0.215. The summed E-state index contributed by atoms with van der Waals surface area (Å²) in [4.78, 5) is 4.51. The van der Waals surface area contributed by atoms with Crippen molar-refractivity contribution in [3.8, 4) is 12.1 Å². The largest absolute Gasteiger partial charge is 0.378 e. The van der Waals surface area contributed by atoms with E-state index in [2.05, 4.69) is 62.8 Å². The van der Waals surface area contributed by atoms with Crippen molar-refractivity contribution in [2.45, 2.75) is 43.7 Å². The molecule has 208 valence electrons. The molecule has 1 aliphatic heterocycles. The fourth-order valence-electron chi connectivity index (χ4n) is 5.48. The molecule has 8 nitrogen and oxygen atoms in total. The van der Waals surface area contributed by atoms with Gasteiger partial charge in [0, 0.05) is 29.5 Å². The molecule has 3 aromatic carbocycles. The molecule has 6 rings (SSSR count). The van der Waals surface area contributed by atoms with Crippen LogP contribution in [-0.4, -0.2) is 23.9 Å². The van der Waals surface area contributed by atoms with Gasteiger partial charge in [0.25, 0.3) is 0 Å². The third-order valence-corrected chi connectivity index (χ3v) is 8.02. The van der Waals surface area contributed by atoms with E-state index in [1.54, 1.807) is 18.2 Å². The predicted octanol–water partition coefficient (Wildman–Crippen LogP) is 4.91. The maximum absolute atomic E-state index is 14.0. The van der Waals surface area contributed by atoms with Crippen molar-refractivity contribution >= 4 is 30.1 Å². The number of hydrogen-bond acceptors (Lipinski definition) is 8. The van der Waals surface area contributed by atoms with Crippen LogP contribution < -0.4 is 21.6 Å². The third kappa shape index (κ3) is 5.09. The fourth-order valence-corrected chi connectivity index (χ4v) is 5.48. The Morgan fingerprint density at radius 1 is 1.10 bits per heavy atom. The summed E-state index contributed by atoms with van der Waals surface area (Å²) in [5, 5.41) is 30.1. The van der Waals surface area contributed by atoms with Crippen molar-refractivity contribution in [1.82, 2.24) is 21.0 Å². The van der Waals surface area contributed by atoms with Crippen LogP contribution in [0.15, 0.2) is 84.8 Å². The second kappa shape index (κ2) is 11.1. The smallest absolute Gasteiger partial charge is 0.148 e. The van der Waals surface area contributed by atoms with Gasteiger partial charge in [0.05, 0.1) is 39.5 Å². The summed E-state index contributed by atoms with van der Waals surface area (Å²) in [5.74, 6) is -0.320. The minimum atomic E-state index is -0.825. The Hall–Kier alpha value is -5.06. The number of nitrogens with one attached hydrogen (secondary N) is 4. The lowest BCUT2D eigenvalue weighted by molar-refractivity contribution is 0.260. The fraction of sp³-hybridized carbons (Fsp3) is 0.219. The normalized spacial score (nSPS) is 16.5. The number of hydrazine groups is 2. The Labute approximate surface area is 245 Å². The number of anilines is 2. The first-order chi connectivity index (χ1) is 20.4. The van der Waals surface area contributed by atoms with Crippen molar-refractivity contribution in [1.29, 1.82) is 10.5 Å². The lowest BCUT2D eigenvalue weighted by atomic mass is 9.69. The Morgan fingerprint density at radius 3 is 2.50 bits per heavy atom. The molecule has 1 aromatic heterocycles.